The molecule has 0 radical (unpaired) electrons. The summed E-state index contributed by atoms with van der Waals surface area (Å²) in [6, 6.07) is 27.0. The average molecular weight is 689 g/mol. The van der Waals surface area contributed by atoms with Crippen molar-refractivity contribution in [2.24, 2.45) is 5.92 Å². The Labute approximate surface area is 295 Å². The molecule has 4 atom stereocenters. The fourth-order valence-corrected chi connectivity index (χ4v) is 6.73. The lowest BCUT2D eigenvalue weighted by Gasteiger charge is -2.37. The molecule has 0 saturated carbocycles. The van der Waals surface area contributed by atoms with Crippen LogP contribution in [-0.4, -0.2) is 52.3 Å². The number of carbonyl (C=O) groups excluding carboxylic acids is 3. The Morgan fingerprint density at radius 1 is 0.961 bits per heavy atom. The number of rotatable bonds is 10. The molecule has 0 spiro atoms. The maximum Gasteiger partial charge on any atom is 0.314 e. The third-order valence-corrected chi connectivity index (χ3v) is 9.27. The molecule has 5 aromatic rings. The molecule has 10 nitrogen and oxygen atoms in total. The van der Waals surface area contributed by atoms with Crippen LogP contribution < -0.4 is 9.47 Å². The van der Waals surface area contributed by atoms with Crippen LogP contribution in [0.15, 0.2) is 95.4 Å². The van der Waals surface area contributed by atoms with E-state index in [1.54, 1.807) is 25.7 Å². The van der Waals surface area contributed by atoms with Crippen molar-refractivity contribution >= 4 is 45.8 Å². The van der Waals surface area contributed by atoms with E-state index in [0.29, 0.717) is 29.4 Å². The molecule has 2 aliphatic rings. The summed E-state index contributed by atoms with van der Waals surface area (Å²) >= 11 is 0. The number of nitrogens with zero attached hydrogens (tertiary/aromatic N) is 2. The van der Waals surface area contributed by atoms with Gasteiger partial charge < -0.3 is 28.3 Å². The van der Waals surface area contributed by atoms with Gasteiger partial charge in [0.25, 0.3) is 5.91 Å². The Bertz CT molecular complexity index is 2100. The third kappa shape index (κ3) is 7.45. The van der Waals surface area contributed by atoms with Crippen molar-refractivity contribution in [2.45, 2.75) is 70.7 Å². The first-order valence-corrected chi connectivity index (χ1v) is 17.1. The molecule has 1 fully saturated rings. The Morgan fingerprint density at radius 2 is 1.73 bits per heavy atom. The minimum absolute atomic E-state index is 0.127. The smallest absolute Gasteiger partial charge is 0.314 e. The van der Waals surface area contributed by atoms with E-state index in [-0.39, 0.29) is 25.7 Å². The number of hydrogen-bond acceptors (Lipinski definition) is 9. The van der Waals surface area contributed by atoms with E-state index in [0.717, 1.165) is 27.4 Å². The first-order valence-electron chi connectivity index (χ1n) is 17.1. The zero-order valence-electron chi connectivity index (χ0n) is 29.0. The highest BCUT2D eigenvalue weighted by molar-refractivity contribution is 5.94. The summed E-state index contributed by atoms with van der Waals surface area (Å²) in [5, 5.41) is 2.10. The summed E-state index contributed by atoms with van der Waals surface area (Å²) in [5.41, 5.74) is 2.45. The molecule has 0 aliphatic carbocycles. The lowest BCUT2D eigenvalue weighted by atomic mass is 9.87. The summed E-state index contributed by atoms with van der Waals surface area (Å²) in [6.45, 7) is 7.55. The van der Waals surface area contributed by atoms with Gasteiger partial charge in [-0.1, -0.05) is 60.7 Å². The molecule has 1 aromatic heterocycles. The maximum atomic E-state index is 14.8. The van der Waals surface area contributed by atoms with Gasteiger partial charge >= 0.3 is 11.9 Å². The lowest BCUT2D eigenvalue weighted by molar-refractivity contribution is -0.167. The van der Waals surface area contributed by atoms with Gasteiger partial charge in [-0.2, -0.15) is 0 Å². The van der Waals surface area contributed by atoms with Gasteiger partial charge in [-0.3, -0.25) is 14.4 Å². The predicted octanol–water partition coefficient (Wildman–Crippen LogP) is 7.59. The molecule has 0 bridgehead atoms. The van der Waals surface area contributed by atoms with E-state index in [1.807, 2.05) is 97.9 Å². The molecule has 0 N–H and O–H groups in total. The molecule has 4 unspecified atom stereocenters. The second-order valence-electron chi connectivity index (χ2n) is 14.0. The van der Waals surface area contributed by atoms with Crippen LogP contribution in [0.2, 0.25) is 0 Å². The molecule has 2 aliphatic heterocycles. The van der Waals surface area contributed by atoms with Crippen LogP contribution in [0.1, 0.15) is 63.5 Å². The second kappa shape index (κ2) is 13.9. The summed E-state index contributed by atoms with van der Waals surface area (Å²) in [6.07, 6.45) is 2.74. The molecular formula is C41H40N2O8. The van der Waals surface area contributed by atoms with Crippen molar-refractivity contribution in [1.82, 2.24) is 9.88 Å². The van der Waals surface area contributed by atoms with Crippen molar-refractivity contribution in [2.75, 3.05) is 6.79 Å². The van der Waals surface area contributed by atoms with Crippen LogP contribution >= 0.6 is 0 Å². The molecule has 3 heterocycles. The van der Waals surface area contributed by atoms with Gasteiger partial charge in [-0.15, -0.1) is 0 Å². The molecule has 1 saturated heterocycles. The first kappa shape index (κ1) is 33.8. The Balaban J connectivity index is 1.25. The van der Waals surface area contributed by atoms with Crippen molar-refractivity contribution < 1.29 is 37.7 Å². The van der Waals surface area contributed by atoms with E-state index >= 15 is 0 Å². The van der Waals surface area contributed by atoms with Crippen molar-refractivity contribution in [3.8, 4) is 11.5 Å². The number of oxazole rings is 1. The van der Waals surface area contributed by atoms with E-state index in [1.165, 1.54) is 0 Å². The predicted molar refractivity (Wildman–Crippen MR) is 191 cm³/mol. The van der Waals surface area contributed by atoms with Crippen molar-refractivity contribution in [3.05, 3.63) is 108 Å². The zero-order valence-corrected chi connectivity index (χ0v) is 29.0. The van der Waals surface area contributed by atoms with Gasteiger partial charge in [-0.05, 0) is 92.4 Å². The summed E-state index contributed by atoms with van der Waals surface area (Å²) in [7, 11) is 0. The van der Waals surface area contributed by atoms with Gasteiger partial charge in [0.15, 0.2) is 23.2 Å². The maximum absolute atomic E-state index is 14.8. The SMILES string of the molecule is CC(C(CC=Cc1nc2ccccc2o1)c1ccc2c(c1)OCO2)N(Cc1ccc2ccccc2c1)C(=O)C1OC(=O)CC1C(=O)OC(C)(C)C. The number of esters is 2. The van der Waals surface area contributed by atoms with Gasteiger partial charge in [-0.25, -0.2) is 4.98 Å². The number of amides is 1. The van der Waals surface area contributed by atoms with Gasteiger partial charge in [0.2, 0.25) is 12.7 Å². The molecule has 1 amide bonds. The summed E-state index contributed by atoms with van der Waals surface area (Å²) < 4.78 is 28.5. The highest BCUT2D eigenvalue weighted by Gasteiger charge is 2.48. The number of fused-ring (bicyclic) bond motifs is 3. The first-order chi connectivity index (χ1) is 24.5. The molecule has 262 valence electrons. The lowest BCUT2D eigenvalue weighted by Crippen LogP contribution is -2.49. The fourth-order valence-electron chi connectivity index (χ4n) is 6.73. The van der Waals surface area contributed by atoms with Crippen LogP contribution in [0.3, 0.4) is 0 Å². The van der Waals surface area contributed by atoms with Gasteiger partial charge in [0.1, 0.15) is 17.0 Å². The standard InChI is InChI=1S/C41H40N2O8/c1-25(30(29-18-19-34-35(21-29)48-24-47-34)12-9-15-36-42-32-13-7-8-14-33(32)49-36)43(23-26-16-17-27-10-5-6-11-28(27)20-26)39(45)38-31(22-37(44)50-38)40(46)51-41(2,3)4/h5-11,13-21,25,30-31,38H,12,22-24H2,1-4H3. The number of benzene rings is 4. The second-order valence-corrected chi connectivity index (χ2v) is 14.0. The number of aromatic nitrogens is 1. The highest BCUT2D eigenvalue weighted by Crippen LogP contribution is 2.39. The van der Waals surface area contributed by atoms with Crippen molar-refractivity contribution in [1.29, 1.82) is 0 Å². The van der Waals surface area contributed by atoms with E-state index in [2.05, 4.69) is 11.1 Å². The molecule has 51 heavy (non-hydrogen) atoms. The van der Waals surface area contributed by atoms with Crippen LogP contribution in [0, 0.1) is 5.92 Å². The molecule has 4 aromatic carbocycles. The quantitative estimate of drug-likeness (QED) is 0.137. The van der Waals surface area contributed by atoms with E-state index < -0.39 is 41.5 Å². The summed E-state index contributed by atoms with van der Waals surface area (Å²) in [5.74, 6) is -1.33. The Hall–Kier alpha value is -5.64. The minimum atomic E-state index is -1.33. The highest BCUT2D eigenvalue weighted by atomic mass is 16.7. The molecule has 7 rings (SSSR count). The fraction of sp³-hybridized carbons (Fsp3) is 0.317. The third-order valence-electron chi connectivity index (χ3n) is 9.27. The number of cyclic esters (lactones) is 1. The number of carbonyl (C=O) groups is 3. The number of ether oxygens (including phenoxy) is 4. The topological polar surface area (TPSA) is 117 Å². The van der Waals surface area contributed by atoms with Gasteiger partial charge in [0.05, 0.1) is 6.42 Å². The van der Waals surface area contributed by atoms with Crippen LogP contribution in [0.5, 0.6) is 11.5 Å². The largest absolute Gasteiger partial charge is 0.460 e. The Morgan fingerprint density at radius 3 is 2.53 bits per heavy atom. The molecular weight excluding hydrogens is 648 g/mol. The van der Waals surface area contributed by atoms with Gasteiger partial charge in [0, 0.05) is 18.5 Å². The normalized spacial score (nSPS) is 18.2. The number of hydrogen-bond donors (Lipinski definition) is 0. The monoisotopic (exact) mass is 688 g/mol. The van der Waals surface area contributed by atoms with Crippen LogP contribution in [0.25, 0.3) is 27.9 Å². The number of para-hydroxylation sites is 2. The van der Waals surface area contributed by atoms with Crippen LogP contribution in [0.4, 0.5) is 0 Å². The van der Waals surface area contributed by atoms with Crippen molar-refractivity contribution in [3.63, 3.8) is 0 Å². The zero-order chi connectivity index (χ0) is 35.7. The summed E-state index contributed by atoms with van der Waals surface area (Å²) in [4.78, 5) is 47.1. The Kier molecular flexibility index (Phi) is 9.25. The number of allylic oxidation sites excluding steroid dienone is 1. The van der Waals surface area contributed by atoms with Crippen LogP contribution in [-0.2, 0) is 30.4 Å². The average Bonchev–Trinajstić information content (AvgIpc) is 3.85. The molecule has 10 heteroatoms. The van der Waals surface area contributed by atoms with E-state index in [9.17, 15) is 14.4 Å². The minimum Gasteiger partial charge on any atom is -0.460 e. The van der Waals surface area contributed by atoms with E-state index in [4.69, 9.17) is 23.4 Å².